The Hall–Kier alpha value is -3.15. The lowest BCUT2D eigenvalue weighted by Gasteiger charge is -2.11. The summed E-state index contributed by atoms with van der Waals surface area (Å²) < 4.78 is 12.3. The van der Waals surface area contributed by atoms with E-state index in [4.69, 9.17) is 9.47 Å². The molecule has 27 heavy (non-hydrogen) atoms. The SMILES string of the molecule is CCCn1nc(C(=O)OCCOc2ccccc2C)c2ccccc2c1=O. The summed E-state index contributed by atoms with van der Waals surface area (Å²) >= 11 is 0. The lowest BCUT2D eigenvalue weighted by molar-refractivity contribution is 0.0443. The van der Waals surface area contributed by atoms with Crippen molar-refractivity contribution in [2.45, 2.75) is 26.8 Å². The lowest BCUT2D eigenvalue weighted by Crippen LogP contribution is -2.26. The fourth-order valence-electron chi connectivity index (χ4n) is 2.82. The molecule has 0 saturated carbocycles. The van der Waals surface area contributed by atoms with E-state index in [0.29, 0.717) is 17.3 Å². The minimum Gasteiger partial charge on any atom is -0.490 e. The van der Waals surface area contributed by atoms with E-state index in [1.165, 1.54) is 4.68 Å². The number of ether oxygens (including phenoxy) is 2. The number of rotatable bonds is 7. The predicted octanol–water partition coefficient (Wildman–Crippen LogP) is 3.35. The van der Waals surface area contributed by atoms with Crippen molar-refractivity contribution in [3.05, 3.63) is 70.1 Å². The summed E-state index contributed by atoms with van der Waals surface area (Å²) in [5.41, 5.74) is 0.963. The molecule has 6 heteroatoms. The molecule has 0 bridgehead atoms. The third-order valence-electron chi connectivity index (χ3n) is 4.16. The van der Waals surface area contributed by atoms with Crippen molar-refractivity contribution in [1.82, 2.24) is 9.78 Å². The molecule has 1 aromatic heterocycles. The van der Waals surface area contributed by atoms with E-state index in [1.807, 2.05) is 38.1 Å². The van der Waals surface area contributed by atoms with Crippen LogP contribution in [0.15, 0.2) is 53.3 Å². The number of carbonyl (C=O) groups excluding carboxylic acids is 1. The highest BCUT2D eigenvalue weighted by molar-refractivity contribution is 6.02. The van der Waals surface area contributed by atoms with Gasteiger partial charge in [-0.1, -0.05) is 43.3 Å². The first-order valence-electron chi connectivity index (χ1n) is 8.97. The molecule has 0 saturated heterocycles. The Bertz CT molecular complexity index is 1010. The van der Waals surface area contributed by atoms with E-state index in [-0.39, 0.29) is 24.5 Å². The molecule has 0 aliphatic carbocycles. The largest absolute Gasteiger partial charge is 0.490 e. The Morgan fingerprint density at radius 2 is 1.74 bits per heavy atom. The zero-order chi connectivity index (χ0) is 19.2. The van der Waals surface area contributed by atoms with Gasteiger partial charge in [0.2, 0.25) is 0 Å². The topological polar surface area (TPSA) is 70.4 Å². The van der Waals surface area contributed by atoms with Gasteiger partial charge in [-0.25, -0.2) is 9.48 Å². The van der Waals surface area contributed by atoms with E-state index in [2.05, 4.69) is 5.10 Å². The van der Waals surface area contributed by atoms with Crippen molar-refractivity contribution in [3.8, 4) is 5.75 Å². The van der Waals surface area contributed by atoms with E-state index in [0.717, 1.165) is 17.7 Å². The molecule has 0 amide bonds. The number of para-hydroxylation sites is 1. The summed E-state index contributed by atoms with van der Waals surface area (Å²) in [7, 11) is 0. The highest BCUT2D eigenvalue weighted by atomic mass is 16.6. The number of esters is 1. The van der Waals surface area contributed by atoms with Crippen LogP contribution >= 0.6 is 0 Å². The van der Waals surface area contributed by atoms with Gasteiger partial charge < -0.3 is 9.47 Å². The van der Waals surface area contributed by atoms with Gasteiger partial charge in [0.1, 0.15) is 19.0 Å². The predicted molar refractivity (Wildman–Crippen MR) is 103 cm³/mol. The summed E-state index contributed by atoms with van der Waals surface area (Å²) in [4.78, 5) is 25.0. The molecule has 0 N–H and O–H groups in total. The number of hydrogen-bond acceptors (Lipinski definition) is 5. The second-order valence-electron chi connectivity index (χ2n) is 6.17. The fourth-order valence-corrected chi connectivity index (χ4v) is 2.82. The van der Waals surface area contributed by atoms with Gasteiger partial charge in [0, 0.05) is 11.9 Å². The molecule has 0 aliphatic heterocycles. The average Bonchev–Trinajstić information content (AvgIpc) is 2.68. The van der Waals surface area contributed by atoms with Gasteiger partial charge in [0.25, 0.3) is 5.56 Å². The Morgan fingerprint density at radius 3 is 2.48 bits per heavy atom. The zero-order valence-electron chi connectivity index (χ0n) is 15.5. The Balaban J connectivity index is 1.74. The Kier molecular flexibility index (Phi) is 5.86. The van der Waals surface area contributed by atoms with Crippen molar-refractivity contribution < 1.29 is 14.3 Å². The standard InChI is InChI=1S/C21H22N2O4/c1-3-12-23-20(24)17-10-6-5-9-16(17)19(22-23)21(25)27-14-13-26-18-11-7-4-8-15(18)2/h4-11H,3,12-14H2,1-2H3. The maximum absolute atomic E-state index is 12.5. The van der Waals surface area contributed by atoms with Gasteiger partial charge in [0.15, 0.2) is 5.69 Å². The maximum Gasteiger partial charge on any atom is 0.359 e. The van der Waals surface area contributed by atoms with Crippen LogP contribution in [0.5, 0.6) is 5.75 Å². The number of benzene rings is 2. The van der Waals surface area contributed by atoms with Gasteiger partial charge in [-0.3, -0.25) is 4.79 Å². The van der Waals surface area contributed by atoms with Crippen LogP contribution in [-0.4, -0.2) is 29.0 Å². The number of fused-ring (bicyclic) bond motifs is 1. The van der Waals surface area contributed by atoms with Crippen LogP contribution in [0.3, 0.4) is 0 Å². The van der Waals surface area contributed by atoms with Crippen LogP contribution in [0, 0.1) is 6.92 Å². The highest BCUT2D eigenvalue weighted by Gasteiger charge is 2.17. The van der Waals surface area contributed by atoms with Crippen LogP contribution in [0.1, 0.15) is 29.4 Å². The van der Waals surface area contributed by atoms with Gasteiger partial charge in [-0.05, 0) is 31.0 Å². The highest BCUT2D eigenvalue weighted by Crippen LogP contribution is 2.16. The quantitative estimate of drug-likeness (QED) is 0.474. The monoisotopic (exact) mass is 366 g/mol. The van der Waals surface area contributed by atoms with E-state index in [1.54, 1.807) is 24.3 Å². The van der Waals surface area contributed by atoms with Crippen LogP contribution in [0.4, 0.5) is 0 Å². The summed E-state index contributed by atoms with van der Waals surface area (Å²) in [5.74, 6) is 0.193. The summed E-state index contributed by atoms with van der Waals surface area (Å²) in [5, 5.41) is 5.19. The van der Waals surface area contributed by atoms with Crippen molar-refractivity contribution in [1.29, 1.82) is 0 Å². The first kappa shape index (κ1) is 18.6. The summed E-state index contributed by atoms with van der Waals surface area (Å²) in [6.07, 6.45) is 0.740. The van der Waals surface area contributed by atoms with Crippen LogP contribution < -0.4 is 10.3 Å². The average molecular weight is 366 g/mol. The molecule has 2 aromatic carbocycles. The minimum atomic E-state index is -0.565. The first-order chi connectivity index (χ1) is 13.1. The Morgan fingerprint density at radius 1 is 1.04 bits per heavy atom. The first-order valence-corrected chi connectivity index (χ1v) is 8.97. The number of hydrogen-bond donors (Lipinski definition) is 0. The summed E-state index contributed by atoms with van der Waals surface area (Å²) in [6, 6.07) is 14.6. The maximum atomic E-state index is 12.5. The van der Waals surface area contributed by atoms with Crippen molar-refractivity contribution in [2.75, 3.05) is 13.2 Å². The molecule has 6 nitrogen and oxygen atoms in total. The molecule has 3 aromatic rings. The van der Waals surface area contributed by atoms with Crippen molar-refractivity contribution >= 4 is 16.7 Å². The number of aryl methyl sites for hydroxylation is 2. The normalized spacial score (nSPS) is 10.7. The molecule has 0 unspecified atom stereocenters. The molecule has 140 valence electrons. The van der Waals surface area contributed by atoms with Gasteiger partial charge in [-0.2, -0.15) is 5.10 Å². The van der Waals surface area contributed by atoms with Crippen LogP contribution in [0.2, 0.25) is 0 Å². The number of aromatic nitrogens is 2. The van der Waals surface area contributed by atoms with Gasteiger partial charge in [0.05, 0.1) is 5.39 Å². The summed E-state index contributed by atoms with van der Waals surface area (Å²) in [6.45, 7) is 4.68. The second-order valence-corrected chi connectivity index (χ2v) is 6.17. The fraction of sp³-hybridized carbons (Fsp3) is 0.286. The van der Waals surface area contributed by atoms with Gasteiger partial charge >= 0.3 is 5.97 Å². The molecule has 3 rings (SSSR count). The third kappa shape index (κ3) is 4.16. The molecule has 1 heterocycles. The van der Waals surface area contributed by atoms with E-state index in [9.17, 15) is 9.59 Å². The molecule has 0 aliphatic rings. The third-order valence-corrected chi connectivity index (χ3v) is 4.16. The molecule has 0 radical (unpaired) electrons. The van der Waals surface area contributed by atoms with Crippen molar-refractivity contribution in [3.63, 3.8) is 0 Å². The molecular weight excluding hydrogens is 344 g/mol. The second kappa shape index (κ2) is 8.49. The van der Waals surface area contributed by atoms with Crippen molar-refractivity contribution in [2.24, 2.45) is 0 Å². The minimum absolute atomic E-state index is 0.0933. The van der Waals surface area contributed by atoms with E-state index < -0.39 is 5.97 Å². The van der Waals surface area contributed by atoms with Crippen LogP contribution in [0.25, 0.3) is 10.8 Å². The van der Waals surface area contributed by atoms with E-state index >= 15 is 0 Å². The molecule has 0 fully saturated rings. The Labute approximate surface area is 157 Å². The smallest absolute Gasteiger partial charge is 0.359 e. The molecule has 0 atom stereocenters. The molecule has 0 spiro atoms. The zero-order valence-corrected chi connectivity index (χ0v) is 15.5. The number of nitrogens with zero attached hydrogens (tertiary/aromatic N) is 2. The lowest BCUT2D eigenvalue weighted by atomic mass is 10.1. The number of carbonyl (C=O) groups is 1. The van der Waals surface area contributed by atoms with Gasteiger partial charge in [-0.15, -0.1) is 0 Å². The van der Waals surface area contributed by atoms with Crippen LogP contribution in [-0.2, 0) is 11.3 Å². The molecular formula is C21H22N2O4.